The van der Waals surface area contributed by atoms with Crippen LogP contribution in [0.2, 0.25) is 5.02 Å². The van der Waals surface area contributed by atoms with Crippen LogP contribution in [0.5, 0.6) is 5.75 Å². The second-order valence-electron chi connectivity index (χ2n) is 5.22. The molecule has 1 N–H and O–H groups in total. The molecule has 1 aromatic carbocycles. The first-order valence-electron chi connectivity index (χ1n) is 7.65. The average Bonchev–Trinajstić information content (AvgIpc) is 2.60. The molecular weight excluding hydrogens is 363 g/mol. The highest BCUT2D eigenvalue weighted by atomic mass is 35.5. The summed E-state index contributed by atoms with van der Waals surface area (Å²) in [4.78, 5) is 27.8. The number of pyridine rings is 1. The zero-order chi connectivity index (χ0) is 19.3. The van der Waals surface area contributed by atoms with Gasteiger partial charge in [0.05, 0.1) is 29.3 Å². The number of aromatic nitrogens is 1. The van der Waals surface area contributed by atoms with E-state index < -0.39 is 23.3 Å². The molecule has 2 rings (SSSR count). The first kappa shape index (κ1) is 19.3. The molecule has 0 unspecified atom stereocenters. The number of aromatic hydroxyl groups is 1. The zero-order valence-electron chi connectivity index (χ0n) is 13.8. The maximum atomic E-state index is 13.2. The van der Waals surface area contributed by atoms with E-state index in [9.17, 15) is 24.3 Å². The van der Waals surface area contributed by atoms with Gasteiger partial charge < -0.3 is 9.84 Å². The van der Waals surface area contributed by atoms with Crippen molar-refractivity contribution in [2.75, 3.05) is 6.61 Å². The summed E-state index contributed by atoms with van der Waals surface area (Å²) in [7, 11) is 0. The SMILES string of the molecule is CCOC(=O)CCC(=O)c1nc(-c2ccc(F)cc2Cl)cc(C#N)c1O. The highest BCUT2D eigenvalue weighted by Crippen LogP contribution is 2.32. The third kappa shape index (κ3) is 4.35. The Hall–Kier alpha value is -2.98. The second-order valence-corrected chi connectivity index (χ2v) is 5.62. The fraction of sp³-hybridized carbons (Fsp3) is 0.222. The molecule has 0 aliphatic rings. The third-order valence-electron chi connectivity index (χ3n) is 3.45. The molecular formula is C18H14ClFN2O4. The van der Waals surface area contributed by atoms with Crippen molar-refractivity contribution in [1.82, 2.24) is 4.98 Å². The van der Waals surface area contributed by atoms with Crippen LogP contribution in [-0.2, 0) is 9.53 Å². The van der Waals surface area contributed by atoms with Crippen molar-refractivity contribution in [3.05, 3.63) is 46.4 Å². The van der Waals surface area contributed by atoms with E-state index in [1.165, 1.54) is 12.1 Å². The van der Waals surface area contributed by atoms with Crippen LogP contribution in [0.25, 0.3) is 11.3 Å². The van der Waals surface area contributed by atoms with Crippen LogP contribution in [0.4, 0.5) is 4.39 Å². The number of nitriles is 1. The predicted octanol–water partition coefficient (Wildman–Crippen LogP) is 3.64. The van der Waals surface area contributed by atoms with Crippen molar-refractivity contribution in [3.8, 4) is 23.1 Å². The lowest BCUT2D eigenvalue weighted by atomic mass is 10.0. The number of hydrogen-bond donors (Lipinski definition) is 1. The number of carbonyl (C=O) groups is 2. The van der Waals surface area contributed by atoms with Gasteiger partial charge in [0, 0.05) is 12.0 Å². The van der Waals surface area contributed by atoms with Gasteiger partial charge in [-0.2, -0.15) is 5.26 Å². The topological polar surface area (TPSA) is 100 Å². The largest absolute Gasteiger partial charge is 0.504 e. The number of ketones is 1. The number of ether oxygens (including phenoxy) is 1. The Bertz CT molecular complexity index is 909. The number of rotatable bonds is 6. The minimum absolute atomic E-state index is 0.0389. The maximum absolute atomic E-state index is 13.2. The molecule has 6 nitrogen and oxygen atoms in total. The smallest absolute Gasteiger partial charge is 0.306 e. The Kier molecular flexibility index (Phi) is 6.26. The van der Waals surface area contributed by atoms with Crippen molar-refractivity contribution in [2.45, 2.75) is 19.8 Å². The Balaban J connectivity index is 2.42. The molecule has 0 saturated carbocycles. The number of nitrogens with zero attached hydrogens (tertiary/aromatic N) is 2. The van der Waals surface area contributed by atoms with Gasteiger partial charge in [0.25, 0.3) is 0 Å². The molecule has 134 valence electrons. The van der Waals surface area contributed by atoms with E-state index >= 15 is 0 Å². The molecule has 8 heteroatoms. The van der Waals surface area contributed by atoms with Crippen molar-refractivity contribution in [1.29, 1.82) is 5.26 Å². The molecule has 0 spiro atoms. The lowest BCUT2D eigenvalue weighted by Crippen LogP contribution is -2.10. The van der Waals surface area contributed by atoms with Gasteiger partial charge >= 0.3 is 5.97 Å². The quantitative estimate of drug-likeness (QED) is 0.610. The number of benzene rings is 1. The molecule has 0 radical (unpaired) electrons. The summed E-state index contributed by atoms with van der Waals surface area (Å²) in [5, 5.41) is 19.3. The summed E-state index contributed by atoms with van der Waals surface area (Å²) in [6.07, 6.45) is -0.428. The van der Waals surface area contributed by atoms with Crippen LogP contribution in [0.1, 0.15) is 35.8 Å². The van der Waals surface area contributed by atoms with E-state index in [1.807, 2.05) is 0 Å². The molecule has 0 saturated heterocycles. The molecule has 26 heavy (non-hydrogen) atoms. The first-order chi connectivity index (χ1) is 12.4. The molecule has 1 heterocycles. The summed E-state index contributed by atoms with van der Waals surface area (Å²) in [5.41, 5.74) is -0.119. The standard InChI is InChI=1S/C18H14ClFN2O4/c1-2-26-16(24)6-5-15(23)17-18(25)10(9-21)7-14(22-17)12-4-3-11(20)8-13(12)19/h3-4,7-8,25H,2,5-6H2,1H3. The molecule has 0 aliphatic carbocycles. The van der Waals surface area contributed by atoms with Crippen LogP contribution in [0, 0.1) is 17.1 Å². The molecule has 0 atom stereocenters. The van der Waals surface area contributed by atoms with Gasteiger partial charge in [0.2, 0.25) is 0 Å². The van der Waals surface area contributed by atoms with Crippen LogP contribution in [0.3, 0.4) is 0 Å². The van der Waals surface area contributed by atoms with Crippen molar-refractivity contribution in [3.63, 3.8) is 0 Å². The first-order valence-corrected chi connectivity index (χ1v) is 8.03. The van der Waals surface area contributed by atoms with E-state index in [4.69, 9.17) is 16.3 Å². The van der Waals surface area contributed by atoms with Crippen molar-refractivity contribution in [2.24, 2.45) is 0 Å². The fourth-order valence-corrected chi connectivity index (χ4v) is 2.48. The molecule has 0 amide bonds. The number of carbonyl (C=O) groups excluding carboxylic acids is 2. The molecule has 1 aromatic heterocycles. The van der Waals surface area contributed by atoms with Crippen LogP contribution >= 0.6 is 11.6 Å². The van der Waals surface area contributed by atoms with Gasteiger partial charge in [0.1, 0.15) is 17.6 Å². The molecule has 0 aliphatic heterocycles. The summed E-state index contributed by atoms with van der Waals surface area (Å²) >= 11 is 6.00. The maximum Gasteiger partial charge on any atom is 0.306 e. The van der Waals surface area contributed by atoms with Gasteiger partial charge in [-0.25, -0.2) is 9.37 Å². The molecule has 2 aromatic rings. The highest BCUT2D eigenvalue weighted by molar-refractivity contribution is 6.33. The van der Waals surface area contributed by atoms with Gasteiger partial charge in [-0.15, -0.1) is 0 Å². The molecule has 0 bridgehead atoms. The van der Waals surface area contributed by atoms with E-state index in [1.54, 1.807) is 13.0 Å². The predicted molar refractivity (Wildman–Crippen MR) is 91.2 cm³/mol. The minimum Gasteiger partial charge on any atom is -0.504 e. The van der Waals surface area contributed by atoms with Crippen LogP contribution in [-0.4, -0.2) is 28.4 Å². The van der Waals surface area contributed by atoms with Gasteiger partial charge in [-0.1, -0.05) is 11.6 Å². The minimum atomic E-state index is -0.632. The lowest BCUT2D eigenvalue weighted by molar-refractivity contribution is -0.143. The van der Waals surface area contributed by atoms with Crippen LogP contribution < -0.4 is 0 Å². The number of halogens is 2. The highest BCUT2D eigenvalue weighted by Gasteiger charge is 2.21. The fourth-order valence-electron chi connectivity index (χ4n) is 2.22. The summed E-state index contributed by atoms with van der Waals surface area (Å²) in [6, 6.07) is 6.59. The normalized spacial score (nSPS) is 10.2. The Labute approximate surface area is 153 Å². The van der Waals surface area contributed by atoms with Gasteiger partial charge in [-0.05, 0) is 31.2 Å². The average molecular weight is 377 g/mol. The van der Waals surface area contributed by atoms with Crippen LogP contribution in [0.15, 0.2) is 24.3 Å². The van der Waals surface area contributed by atoms with E-state index in [0.29, 0.717) is 5.56 Å². The van der Waals surface area contributed by atoms with Gasteiger partial charge in [-0.3, -0.25) is 9.59 Å². The number of esters is 1. The monoisotopic (exact) mass is 376 g/mol. The second kappa shape index (κ2) is 8.41. The lowest BCUT2D eigenvalue weighted by Gasteiger charge is -2.10. The summed E-state index contributed by atoms with van der Waals surface area (Å²) in [6.45, 7) is 1.83. The Morgan fingerprint density at radius 1 is 1.35 bits per heavy atom. The third-order valence-corrected chi connectivity index (χ3v) is 3.76. The number of hydrogen-bond acceptors (Lipinski definition) is 6. The van der Waals surface area contributed by atoms with E-state index in [2.05, 4.69) is 4.98 Å². The Morgan fingerprint density at radius 3 is 2.69 bits per heavy atom. The van der Waals surface area contributed by atoms with Gasteiger partial charge in [0.15, 0.2) is 11.5 Å². The van der Waals surface area contributed by atoms with Crippen molar-refractivity contribution >= 4 is 23.4 Å². The summed E-state index contributed by atoms with van der Waals surface area (Å²) < 4.78 is 18.0. The summed E-state index contributed by atoms with van der Waals surface area (Å²) in [5.74, 6) is -2.32. The number of Topliss-reactive ketones (excluding diaryl/α,β-unsaturated/α-hetero) is 1. The zero-order valence-corrected chi connectivity index (χ0v) is 14.5. The molecule has 0 fully saturated rings. The van der Waals surface area contributed by atoms with E-state index in [0.717, 1.165) is 12.1 Å². The van der Waals surface area contributed by atoms with Crippen molar-refractivity contribution < 1.29 is 23.8 Å². The Morgan fingerprint density at radius 2 is 2.08 bits per heavy atom. The van der Waals surface area contributed by atoms with E-state index in [-0.39, 0.29) is 41.4 Å².